The molecule has 1 aromatic heterocycles. The summed E-state index contributed by atoms with van der Waals surface area (Å²) in [5, 5.41) is 0. The van der Waals surface area contributed by atoms with Crippen molar-refractivity contribution in [2.45, 2.75) is 6.92 Å². The van der Waals surface area contributed by atoms with Gasteiger partial charge in [-0.2, -0.15) is 0 Å². The van der Waals surface area contributed by atoms with E-state index in [1.807, 2.05) is 43.3 Å². The van der Waals surface area contributed by atoms with Crippen molar-refractivity contribution in [2.75, 3.05) is 11.4 Å². The molecule has 0 aliphatic heterocycles. The minimum atomic E-state index is -0.00926. The molecule has 2 rings (SSSR count). The number of anilines is 1. The third-order valence-electron chi connectivity index (χ3n) is 2.61. The van der Waals surface area contributed by atoms with Crippen LogP contribution in [0, 0.1) is 0 Å². The molecule has 0 radical (unpaired) electrons. The van der Waals surface area contributed by atoms with Crippen molar-refractivity contribution in [1.29, 1.82) is 0 Å². The quantitative estimate of drug-likeness (QED) is 0.869. The van der Waals surface area contributed by atoms with E-state index in [0.29, 0.717) is 12.1 Å². The molecule has 0 bridgehead atoms. The number of hydrogen-bond donors (Lipinski definition) is 0. The average Bonchev–Trinajstić information content (AvgIpc) is 2.41. The first-order valence-corrected chi connectivity index (χ1v) is 6.49. The second-order valence-corrected chi connectivity index (χ2v) is 4.68. The summed E-state index contributed by atoms with van der Waals surface area (Å²) in [5.74, 6) is -0.00926. The highest BCUT2D eigenvalue weighted by Crippen LogP contribution is 2.18. The summed E-state index contributed by atoms with van der Waals surface area (Å²) in [5.41, 5.74) is 1.53. The molecule has 0 saturated heterocycles. The highest BCUT2D eigenvalue weighted by Gasteiger charge is 2.15. The molecule has 0 saturated carbocycles. The van der Waals surface area contributed by atoms with Crippen molar-refractivity contribution in [3.63, 3.8) is 0 Å². The first-order chi connectivity index (χ1) is 8.72. The fourth-order valence-corrected chi connectivity index (χ4v) is 2.14. The minimum Gasteiger partial charge on any atom is -0.309 e. The molecule has 4 heteroatoms. The van der Waals surface area contributed by atoms with Crippen LogP contribution in [0.15, 0.2) is 53.3 Å². The summed E-state index contributed by atoms with van der Waals surface area (Å²) < 4.78 is 0.902. The van der Waals surface area contributed by atoms with Crippen LogP contribution in [0.5, 0.6) is 0 Å². The van der Waals surface area contributed by atoms with Gasteiger partial charge in [0.05, 0.1) is 0 Å². The van der Waals surface area contributed by atoms with Crippen LogP contribution in [0.4, 0.5) is 5.69 Å². The molecule has 1 aromatic carbocycles. The lowest BCUT2D eigenvalue weighted by Crippen LogP contribution is -2.30. The molecule has 92 valence electrons. The predicted molar refractivity (Wildman–Crippen MR) is 75.7 cm³/mol. The maximum Gasteiger partial charge on any atom is 0.258 e. The van der Waals surface area contributed by atoms with Crippen molar-refractivity contribution in [3.8, 4) is 0 Å². The van der Waals surface area contributed by atoms with E-state index in [1.165, 1.54) is 0 Å². The Kier molecular flexibility index (Phi) is 4.10. The molecule has 0 unspecified atom stereocenters. The van der Waals surface area contributed by atoms with Gasteiger partial charge in [0, 0.05) is 34.7 Å². The van der Waals surface area contributed by atoms with Crippen molar-refractivity contribution in [1.82, 2.24) is 4.98 Å². The summed E-state index contributed by atoms with van der Waals surface area (Å²) in [4.78, 5) is 18.1. The Bertz CT molecular complexity index is 543. The Labute approximate surface area is 115 Å². The number of nitrogens with zero attached hydrogens (tertiary/aromatic N) is 2. The summed E-state index contributed by atoms with van der Waals surface area (Å²) in [7, 11) is 0. The van der Waals surface area contributed by atoms with Crippen molar-refractivity contribution >= 4 is 27.5 Å². The van der Waals surface area contributed by atoms with E-state index in [9.17, 15) is 4.79 Å². The van der Waals surface area contributed by atoms with Gasteiger partial charge in [-0.05, 0) is 37.3 Å². The Morgan fingerprint density at radius 3 is 2.61 bits per heavy atom. The lowest BCUT2D eigenvalue weighted by atomic mass is 10.2. The fourth-order valence-electron chi connectivity index (χ4n) is 1.74. The van der Waals surface area contributed by atoms with E-state index in [0.717, 1.165) is 10.2 Å². The van der Waals surface area contributed by atoms with Gasteiger partial charge in [0.25, 0.3) is 5.91 Å². The molecule has 18 heavy (non-hydrogen) atoms. The van der Waals surface area contributed by atoms with Gasteiger partial charge in [-0.3, -0.25) is 9.78 Å². The van der Waals surface area contributed by atoms with Gasteiger partial charge >= 0.3 is 0 Å². The molecule has 2 aromatic rings. The number of hydrogen-bond acceptors (Lipinski definition) is 2. The van der Waals surface area contributed by atoms with Crippen LogP contribution in [0.1, 0.15) is 17.3 Å². The predicted octanol–water partition coefficient (Wildman–Crippen LogP) is 3.51. The van der Waals surface area contributed by atoms with Gasteiger partial charge in [0.15, 0.2) is 0 Å². The minimum absolute atomic E-state index is 0.00926. The van der Waals surface area contributed by atoms with Crippen LogP contribution >= 0.6 is 15.9 Å². The van der Waals surface area contributed by atoms with Crippen molar-refractivity contribution < 1.29 is 4.79 Å². The molecule has 0 spiro atoms. The van der Waals surface area contributed by atoms with Gasteiger partial charge in [-0.1, -0.05) is 22.0 Å². The van der Waals surface area contributed by atoms with E-state index >= 15 is 0 Å². The molecule has 0 fully saturated rings. The SMILES string of the molecule is CCN(C(=O)c1cccc(Br)c1)c1ccncc1. The highest BCUT2D eigenvalue weighted by molar-refractivity contribution is 9.10. The standard InChI is InChI=1S/C14H13BrN2O/c1-2-17(13-6-8-16-9-7-13)14(18)11-4-3-5-12(15)10-11/h3-10H,2H2,1H3. The summed E-state index contributed by atoms with van der Waals surface area (Å²) in [6.45, 7) is 2.58. The van der Waals surface area contributed by atoms with Crippen molar-refractivity contribution in [3.05, 3.63) is 58.8 Å². The number of pyridine rings is 1. The lowest BCUT2D eigenvalue weighted by Gasteiger charge is -2.20. The second kappa shape index (κ2) is 5.78. The molecular weight excluding hydrogens is 292 g/mol. The van der Waals surface area contributed by atoms with E-state index in [2.05, 4.69) is 20.9 Å². The zero-order chi connectivity index (χ0) is 13.0. The van der Waals surface area contributed by atoms with E-state index < -0.39 is 0 Å². The smallest absolute Gasteiger partial charge is 0.258 e. The van der Waals surface area contributed by atoms with Gasteiger partial charge < -0.3 is 4.90 Å². The third-order valence-corrected chi connectivity index (χ3v) is 3.10. The van der Waals surface area contributed by atoms with Crippen LogP contribution in [-0.2, 0) is 0 Å². The molecule has 0 atom stereocenters. The third kappa shape index (κ3) is 2.76. The molecule has 0 N–H and O–H groups in total. The largest absolute Gasteiger partial charge is 0.309 e. The molecule has 3 nitrogen and oxygen atoms in total. The maximum atomic E-state index is 12.4. The molecule has 0 aliphatic carbocycles. The normalized spacial score (nSPS) is 10.1. The Hall–Kier alpha value is -1.68. The number of rotatable bonds is 3. The summed E-state index contributed by atoms with van der Waals surface area (Å²) in [6, 6.07) is 11.1. The van der Waals surface area contributed by atoms with E-state index in [1.54, 1.807) is 17.3 Å². The lowest BCUT2D eigenvalue weighted by molar-refractivity contribution is 0.0988. The van der Waals surface area contributed by atoms with Crippen LogP contribution in [0.25, 0.3) is 0 Å². The second-order valence-electron chi connectivity index (χ2n) is 3.77. The zero-order valence-electron chi connectivity index (χ0n) is 10.0. The number of carbonyl (C=O) groups excluding carboxylic acids is 1. The Morgan fingerprint density at radius 2 is 2.00 bits per heavy atom. The van der Waals surface area contributed by atoms with Gasteiger partial charge in [0.2, 0.25) is 0 Å². The van der Waals surface area contributed by atoms with Gasteiger partial charge in [-0.25, -0.2) is 0 Å². The first-order valence-electron chi connectivity index (χ1n) is 5.70. The number of halogens is 1. The van der Waals surface area contributed by atoms with Crippen LogP contribution in [0.3, 0.4) is 0 Å². The first kappa shape index (κ1) is 12.8. The van der Waals surface area contributed by atoms with Gasteiger partial charge in [0.1, 0.15) is 0 Å². The number of benzene rings is 1. The van der Waals surface area contributed by atoms with E-state index in [-0.39, 0.29) is 5.91 Å². The van der Waals surface area contributed by atoms with Crippen LogP contribution in [-0.4, -0.2) is 17.4 Å². The number of amides is 1. The molecular formula is C14H13BrN2O. The maximum absolute atomic E-state index is 12.4. The van der Waals surface area contributed by atoms with E-state index in [4.69, 9.17) is 0 Å². The van der Waals surface area contributed by atoms with Gasteiger partial charge in [-0.15, -0.1) is 0 Å². The zero-order valence-corrected chi connectivity index (χ0v) is 11.6. The molecule has 0 aliphatic rings. The van der Waals surface area contributed by atoms with Crippen LogP contribution < -0.4 is 4.90 Å². The summed E-state index contributed by atoms with van der Waals surface area (Å²) in [6.07, 6.45) is 3.37. The molecule has 1 heterocycles. The topological polar surface area (TPSA) is 33.2 Å². The Morgan fingerprint density at radius 1 is 1.28 bits per heavy atom. The molecule has 1 amide bonds. The Balaban J connectivity index is 2.32. The average molecular weight is 305 g/mol. The van der Waals surface area contributed by atoms with Crippen molar-refractivity contribution in [2.24, 2.45) is 0 Å². The number of aromatic nitrogens is 1. The monoisotopic (exact) mass is 304 g/mol. The van der Waals surface area contributed by atoms with Crippen LogP contribution in [0.2, 0.25) is 0 Å². The fraction of sp³-hybridized carbons (Fsp3) is 0.143. The number of carbonyl (C=O) groups is 1. The summed E-state index contributed by atoms with van der Waals surface area (Å²) >= 11 is 3.38. The highest BCUT2D eigenvalue weighted by atomic mass is 79.9.